The number of hydrogen-bond donors (Lipinski definition) is 2. The van der Waals surface area contributed by atoms with E-state index in [4.69, 9.17) is 15.9 Å². The molecule has 1 aromatic carbocycles. The zero-order chi connectivity index (χ0) is 9.68. The van der Waals surface area contributed by atoms with Crippen molar-refractivity contribution >= 4 is 5.84 Å². The van der Waals surface area contributed by atoms with E-state index in [1.165, 1.54) is 5.56 Å². The van der Waals surface area contributed by atoms with E-state index in [1.807, 2.05) is 24.3 Å². The molecular formula is C10H14N2O. The van der Waals surface area contributed by atoms with Gasteiger partial charge in [0.2, 0.25) is 0 Å². The summed E-state index contributed by atoms with van der Waals surface area (Å²) in [6.07, 6.45) is 1.02. The van der Waals surface area contributed by atoms with Crippen molar-refractivity contribution in [2.75, 3.05) is 6.61 Å². The molecular weight excluding hydrogens is 164 g/mol. The summed E-state index contributed by atoms with van der Waals surface area (Å²) in [4.78, 5) is 0. The second-order valence-corrected chi connectivity index (χ2v) is 2.81. The van der Waals surface area contributed by atoms with Crippen LogP contribution in [0.4, 0.5) is 0 Å². The summed E-state index contributed by atoms with van der Waals surface area (Å²) in [5.41, 5.74) is 6.43. The predicted molar refractivity (Wildman–Crippen MR) is 53.2 cm³/mol. The van der Waals surface area contributed by atoms with Gasteiger partial charge in [-0.25, -0.2) is 0 Å². The summed E-state index contributed by atoms with van der Waals surface area (Å²) in [7, 11) is 0. The van der Waals surface area contributed by atoms with Gasteiger partial charge in [-0.15, -0.1) is 0 Å². The average molecular weight is 178 g/mol. The molecule has 1 aromatic rings. The molecule has 0 atom stereocenters. The molecule has 0 fully saturated rings. The first-order valence-corrected chi connectivity index (χ1v) is 4.27. The minimum atomic E-state index is 0.0413. The van der Waals surface area contributed by atoms with E-state index in [-0.39, 0.29) is 12.4 Å². The van der Waals surface area contributed by atoms with Crippen LogP contribution in [0.1, 0.15) is 12.5 Å². The number of nitrogens with one attached hydrogen (secondary N) is 1. The number of rotatable bonds is 4. The monoisotopic (exact) mass is 178 g/mol. The van der Waals surface area contributed by atoms with Crippen LogP contribution in [0.2, 0.25) is 0 Å². The first-order valence-electron chi connectivity index (χ1n) is 4.27. The van der Waals surface area contributed by atoms with Crippen molar-refractivity contribution in [2.45, 2.75) is 13.3 Å². The lowest BCUT2D eigenvalue weighted by molar-refractivity contribution is 0.374. The Morgan fingerprint density at radius 3 is 2.46 bits per heavy atom. The zero-order valence-electron chi connectivity index (χ0n) is 7.71. The third kappa shape index (κ3) is 3.15. The van der Waals surface area contributed by atoms with Crippen LogP contribution in [0.5, 0.6) is 5.75 Å². The molecule has 0 spiro atoms. The fourth-order valence-corrected chi connectivity index (χ4v) is 0.982. The van der Waals surface area contributed by atoms with Gasteiger partial charge in [0.05, 0.1) is 0 Å². The Balaban J connectivity index is 2.54. The fourth-order valence-electron chi connectivity index (χ4n) is 0.982. The summed E-state index contributed by atoms with van der Waals surface area (Å²) in [5.74, 6) is 0.798. The van der Waals surface area contributed by atoms with Gasteiger partial charge < -0.3 is 10.5 Å². The predicted octanol–water partition coefficient (Wildman–Crippen LogP) is 1.56. The van der Waals surface area contributed by atoms with Crippen LogP contribution in [-0.2, 0) is 6.42 Å². The first kappa shape index (κ1) is 9.58. The van der Waals surface area contributed by atoms with E-state index in [2.05, 4.69) is 6.92 Å². The number of hydrogen-bond acceptors (Lipinski definition) is 2. The van der Waals surface area contributed by atoms with Gasteiger partial charge in [-0.05, 0) is 24.1 Å². The third-order valence-electron chi connectivity index (χ3n) is 1.73. The van der Waals surface area contributed by atoms with Crippen molar-refractivity contribution in [3.05, 3.63) is 29.8 Å². The Bertz CT molecular complexity index is 279. The molecule has 0 heterocycles. The van der Waals surface area contributed by atoms with Crippen LogP contribution in [-0.4, -0.2) is 12.4 Å². The molecule has 0 aliphatic carbocycles. The first-order chi connectivity index (χ1) is 6.22. The van der Waals surface area contributed by atoms with Crippen LogP contribution in [0.3, 0.4) is 0 Å². The van der Waals surface area contributed by atoms with Crippen molar-refractivity contribution in [3.8, 4) is 5.75 Å². The van der Waals surface area contributed by atoms with E-state index >= 15 is 0 Å². The van der Waals surface area contributed by atoms with Gasteiger partial charge in [0.15, 0.2) is 0 Å². The molecule has 70 valence electrons. The van der Waals surface area contributed by atoms with E-state index in [0.29, 0.717) is 0 Å². The summed E-state index contributed by atoms with van der Waals surface area (Å²) in [6, 6.07) is 7.80. The molecule has 3 N–H and O–H groups in total. The molecule has 0 saturated heterocycles. The number of ether oxygens (including phenoxy) is 1. The maximum atomic E-state index is 6.97. The summed E-state index contributed by atoms with van der Waals surface area (Å²) >= 11 is 0. The van der Waals surface area contributed by atoms with E-state index < -0.39 is 0 Å². The Labute approximate surface area is 78.0 Å². The Morgan fingerprint density at radius 2 is 2.00 bits per heavy atom. The molecule has 13 heavy (non-hydrogen) atoms. The van der Waals surface area contributed by atoms with E-state index in [0.717, 1.165) is 12.2 Å². The lowest BCUT2D eigenvalue weighted by atomic mass is 10.2. The molecule has 1 rings (SSSR count). The van der Waals surface area contributed by atoms with Crippen LogP contribution in [0.15, 0.2) is 24.3 Å². The highest BCUT2D eigenvalue weighted by Crippen LogP contribution is 2.11. The van der Waals surface area contributed by atoms with Crippen molar-refractivity contribution in [1.82, 2.24) is 0 Å². The molecule has 0 aliphatic rings. The highest BCUT2D eigenvalue weighted by atomic mass is 16.5. The van der Waals surface area contributed by atoms with E-state index in [9.17, 15) is 0 Å². The van der Waals surface area contributed by atoms with Gasteiger partial charge in [0.25, 0.3) is 0 Å². The summed E-state index contributed by atoms with van der Waals surface area (Å²) in [6.45, 7) is 2.26. The molecule has 0 aliphatic heterocycles. The van der Waals surface area contributed by atoms with Gasteiger partial charge in [-0.2, -0.15) is 0 Å². The lowest BCUT2D eigenvalue weighted by Gasteiger charge is -2.04. The number of benzene rings is 1. The Hall–Kier alpha value is -1.51. The standard InChI is InChI=1S/C10H14N2O/c1-2-8-3-5-9(6-4-8)13-7-10(11)12/h3-6H,2,7H2,1H3,(H3,11,12). The third-order valence-corrected chi connectivity index (χ3v) is 1.73. The van der Waals surface area contributed by atoms with Crippen LogP contribution < -0.4 is 10.5 Å². The molecule has 0 amide bonds. The highest BCUT2D eigenvalue weighted by molar-refractivity contribution is 5.78. The lowest BCUT2D eigenvalue weighted by Crippen LogP contribution is -2.19. The molecule has 0 bridgehead atoms. The minimum absolute atomic E-state index is 0.0413. The second-order valence-electron chi connectivity index (χ2n) is 2.81. The van der Waals surface area contributed by atoms with Crippen molar-refractivity contribution in [3.63, 3.8) is 0 Å². The van der Waals surface area contributed by atoms with Crippen LogP contribution in [0, 0.1) is 5.41 Å². The highest BCUT2D eigenvalue weighted by Gasteiger charge is 1.94. The maximum absolute atomic E-state index is 6.97. The van der Waals surface area contributed by atoms with Gasteiger partial charge >= 0.3 is 0 Å². The summed E-state index contributed by atoms with van der Waals surface area (Å²) in [5, 5.41) is 6.97. The van der Waals surface area contributed by atoms with Gasteiger partial charge in [-0.3, -0.25) is 5.41 Å². The fraction of sp³-hybridized carbons (Fsp3) is 0.300. The Kier molecular flexibility index (Phi) is 3.31. The topological polar surface area (TPSA) is 59.1 Å². The van der Waals surface area contributed by atoms with Crippen molar-refractivity contribution in [2.24, 2.45) is 5.73 Å². The molecule has 0 radical (unpaired) electrons. The maximum Gasteiger partial charge on any atom is 0.145 e. The molecule has 0 unspecified atom stereocenters. The molecule has 0 aromatic heterocycles. The quantitative estimate of drug-likeness (QED) is 0.543. The SMILES string of the molecule is CCc1ccc(OCC(=N)N)cc1. The van der Waals surface area contributed by atoms with Crippen LogP contribution in [0.25, 0.3) is 0 Å². The Morgan fingerprint density at radius 1 is 1.38 bits per heavy atom. The zero-order valence-corrected chi connectivity index (χ0v) is 7.71. The van der Waals surface area contributed by atoms with E-state index in [1.54, 1.807) is 0 Å². The summed E-state index contributed by atoms with van der Waals surface area (Å²) < 4.78 is 5.22. The van der Waals surface area contributed by atoms with Gasteiger partial charge in [0, 0.05) is 0 Å². The number of aryl methyl sites for hydroxylation is 1. The molecule has 3 nitrogen and oxygen atoms in total. The number of amidine groups is 1. The smallest absolute Gasteiger partial charge is 0.145 e. The minimum Gasteiger partial charge on any atom is -0.486 e. The van der Waals surface area contributed by atoms with Crippen molar-refractivity contribution in [1.29, 1.82) is 5.41 Å². The second kappa shape index (κ2) is 4.50. The molecule has 0 saturated carbocycles. The molecule has 3 heteroatoms. The van der Waals surface area contributed by atoms with Gasteiger partial charge in [-0.1, -0.05) is 19.1 Å². The van der Waals surface area contributed by atoms with Gasteiger partial charge in [0.1, 0.15) is 18.2 Å². The number of nitrogens with two attached hydrogens (primary N) is 1. The van der Waals surface area contributed by atoms with Crippen molar-refractivity contribution < 1.29 is 4.74 Å². The van der Waals surface area contributed by atoms with Crippen LogP contribution >= 0.6 is 0 Å². The largest absolute Gasteiger partial charge is 0.486 e. The average Bonchev–Trinajstić information content (AvgIpc) is 2.15. The normalized spacial score (nSPS) is 9.62.